The van der Waals surface area contributed by atoms with Gasteiger partial charge in [-0.05, 0) is 24.6 Å². The molecule has 0 radical (unpaired) electrons. The van der Waals surface area contributed by atoms with Gasteiger partial charge >= 0.3 is 0 Å². The van der Waals surface area contributed by atoms with E-state index in [-0.39, 0.29) is 16.3 Å². The maximum atomic E-state index is 13.0. The molecule has 84 valence electrons. The molecule has 0 aliphatic carbocycles. The minimum atomic E-state index is -0.591. The number of benzene rings is 1. The highest BCUT2D eigenvalue weighted by Crippen LogP contribution is 2.15. The number of halogens is 2. The summed E-state index contributed by atoms with van der Waals surface area (Å²) in [5.41, 5.74) is 0.335. The number of alkyl halides is 1. The summed E-state index contributed by atoms with van der Waals surface area (Å²) in [4.78, 5) is 11.2. The Bertz CT molecular complexity index is 442. The topological polar surface area (TPSA) is 52.9 Å². The van der Waals surface area contributed by atoms with Crippen molar-refractivity contribution in [2.24, 2.45) is 0 Å². The molecule has 1 unspecified atom stereocenters. The summed E-state index contributed by atoms with van der Waals surface area (Å²) in [6, 6.07) is 5.60. The standard InChI is InChI=1S/C11H10BrFN2O/c1-2-9(12)11(16)15-8-3-4-10(13)7(5-8)6-14/h3-5,9H,2H2,1H3,(H,15,16). The highest BCUT2D eigenvalue weighted by atomic mass is 79.9. The molecule has 1 aromatic rings. The van der Waals surface area contributed by atoms with Crippen molar-refractivity contribution >= 4 is 27.5 Å². The first-order chi connectivity index (χ1) is 7.58. The molecule has 0 aliphatic heterocycles. The van der Waals surface area contributed by atoms with Crippen LogP contribution in [0, 0.1) is 17.1 Å². The van der Waals surface area contributed by atoms with Gasteiger partial charge in [-0.25, -0.2) is 4.39 Å². The Morgan fingerprint density at radius 3 is 2.94 bits per heavy atom. The first-order valence-electron chi connectivity index (χ1n) is 4.73. The number of hydrogen-bond acceptors (Lipinski definition) is 2. The number of anilines is 1. The van der Waals surface area contributed by atoms with Gasteiger partial charge in [0.05, 0.1) is 10.4 Å². The molecule has 1 aromatic carbocycles. The van der Waals surface area contributed by atoms with Gasteiger partial charge in [0.1, 0.15) is 11.9 Å². The van der Waals surface area contributed by atoms with Crippen molar-refractivity contribution in [3.63, 3.8) is 0 Å². The molecule has 0 saturated heterocycles. The zero-order chi connectivity index (χ0) is 12.1. The van der Waals surface area contributed by atoms with Crippen LogP contribution in [0.25, 0.3) is 0 Å². The lowest BCUT2D eigenvalue weighted by atomic mass is 10.2. The minimum Gasteiger partial charge on any atom is -0.325 e. The summed E-state index contributed by atoms with van der Waals surface area (Å²) >= 11 is 3.20. The molecule has 0 aliphatic rings. The number of rotatable bonds is 3. The van der Waals surface area contributed by atoms with Gasteiger partial charge in [-0.3, -0.25) is 4.79 Å². The van der Waals surface area contributed by atoms with Gasteiger partial charge in [-0.15, -0.1) is 0 Å². The van der Waals surface area contributed by atoms with E-state index in [9.17, 15) is 9.18 Å². The summed E-state index contributed by atoms with van der Waals surface area (Å²) in [6.45, 7) is 1.87. The van der Waals surface area contributed by atoms with Crippen LogP contribution in [-0.4, -0.2) is 10.7 Å². The lowest BCUT2D eigenvalue weighted by Crippen LogP contribution is -2.22. The first kappa shape index (κ1) is 12.7. The molecular weight excluding hydrogens is 275 g/mol. The Morgan fingerprint density at radius 2 is 2.38 bits per heavy atom. The normalized spacial score (nSPS) is 11.6. The maximum absolute atomic E-state index is 13.0. The lowest BCUT2D eigenvalue weighted by Gasteiger charge is -2.08. The third-order valence-corrected chi connectivity index (χ3v) is 3.06. The molecule has 0 bridgehead atoms. The molecule has 0 heterocycles. The molecule has 0 spiro atoms. The zero-order valence-electron chi connectivity index (χ0n) is 8.63. The molecule has 5 heteroatoms. The quantitative estimate of drug-likeness (QED) is 0.868. The third-order valence-electron chi connectivity index (χ3n) is 2.00. The van der Waals surface area contributed by atoms with Crippen molar-refractivity contribution in [3.8, 4) is 6.07 Å². The molecule has 1 atom stereocenters. The van der Waals surface area contributed by atoms with E-state index < -0.39 is 5.82 Å². The van der Waals surface area contributed by atoms with E-state index in [1.165, 1.54) is 12.1 Å². The van der Waals surface area contributed by atoms with E-state index in [0.29, 0.717) is 12.1 Å². The summed E-state index contributed by atoms with van der Waals surface area (Å²) in [6.07, 6.45) is 0.651. The first-order valence-corrected chi connectivity index (χ1v) is 5.64. The summed E-state index contributed by atoms with van der Waals surface area (Å²) in [5.74, 6) is -0.801. The van der Waals surface area contributed by atoms with E-state index in [4.69, 9.17) is 5.26 Å². The fourth-order valence-electron chi connectivity index (χ4n) is 1.09. The van der Waals surface area contributed by atoms with E-state index in [0.717, 1.165) is 6.07 Å². The van der Waals surface area contributed by atoms with Crippen molar-refractivity contribution in [2.45, 2.75) is 18.2 Å². The van der Waals surface area contributed by atoms with Crippen LogP contribution in [0.2, 0.25) is 0 Å². The molecule has 1 N–H and O–H groups in total. The summed E-state index contributed by atoms with van der Waals surface area (Å²) < 4.78 is 13.0. The highest BCUT2D eigenvalue weighted by Gasteiger charge is 2.13. The molecular formula is C11H10BrFN2O. The van der Waals surface area contributed by atoms with Crippen molar-refractivity contribution in [3.05, 3.63) is 29.6 Å². The van der Waals surface area contributed by atoms with E-state index in [1.807, 2.05) is 6.92 Å². The summed E-state index contributed by atoms with van der Waals surface area (Å²) in [5, 5.41) is 11.2. The zero-order valence-corrected chi connectivity index (χ0v) is 10.2. The molecule has 0 saturated carbocycles. The lowest BCUT2D eigenvalue weighted by molar-refractivity contribution is -0.115. The fourth-order valence-corrected chi connectivity index (χ4v) is 1.21. The van der Waals surface area contributed by atoms with Crippen LogP contribution < -0.4 is 5.32 Å². The van der Waals surface area contributed by atoms with Crippen LogP contribution in [0.5, 0.6) is 0 Å². The van der Waals surface area contributed by atoms with Crippen molar-refractivity contribution < 1.29 is 9.18 Å². The third kappa shape index (κ3) is 3.04. The molecule has 3 nitrogen and oxygen atoms in total. The molecule has 0 fully saturated rings. The van der Waals surface area contributed by atoms with Crippen molar-refractivity contribution in [2.75, 3.05) is 5.32 Å². The second-order valence-corrected chi connectivity index (χ2v) is 4.28. The minimum absolute atomic E-state index is 0.0829. The van der Waals surface area contributed by atoms with Crippen LogP contribution in [0.15, 0.2) is 18.2 Å². The molecule has 0 aromatic heterocycles. The van der Waals surface area contributed by atoms with Crippen molar-refractivity contribution in [1.29, 1.82) is 5.26 Å². The van der Waals surface area contributed by atoms with E-state index >= 15 is 0 Å². The largest absolute Gasteiger partial charge is 0.325 e. The van der Waals surface area contributed by atoms with Crippen LogP contribution in [-0.2, 0) is 4.79 Å². The van der Waals surface area contributed by atoms with Gasteiger partial charge in [0.2, 0.25) is 5.91 Å². The molecule has 16 heavy (non-hydrogen) atoms. The second kappa shape index (κ2) is 5.61. The number of carbonyl (C=O) groups is 1. The number of nitrogens with one attached hydrogen (secondary N) is 1. The van der Waals surface area contributed by atoms with Gasteiger partial charge in [-0.1, -0.05) is 22.9 Å². The number of nitrogens with zero attached hydrogens (tertiary/aromatic N) is 1. The SMILES string of the molecule is CCC(Br)C(=O)Nc1ccc(F)c(C#N)c1. The average Bonchev–Trinajstić information content (AvgIpc) is 2.30. The van der Waals surface area contributed by atoms with Gasteiger partial charge < -0.3 is 5.32 Å². The maximum Gasteiger partial charge on any atom is 0.238 e. The number of hydrogen-bond donors (Lipinski definition) is 1. The predicted octanol–water partition coefficient (Wildman–Crippen LogP) is 2.81. The predicted molar refractivity (Wildman–Crippen MR) is 62.8 cm³/mol. The van der Waals surface area contributed by atoms with Gasteiger partial charge in [0.25, 0.3) is 0 Å². The van der Waals surface area contributed by atoms with E-state index in [1.54, 1.807) is 6.07 Å². The Morgan fingerprint density at radius 1 is 1.69 bits per heavy atom. The molecule has 1 rings (SSSR count). The van der Waals surface area contributed by atoms with Crippen LogP contribution in [0.4, 0.5) is 10.1 Å². The Labute approximate surface area is 101 Å². The number of nitriles is 1. The average molecular weight is 285 g/mol. The summed E-state index contributed by atoms with van der Waals surface area (Å²) in [7, 11) is 0. The van der Waals surface area contributed by atoms with Crippen LogP contribution in [0.3, 0.4) is 0 Å². The number of amides is 1. The van der Waals surface area contributed by atoms with Crippen LogP contribution in [0.1, 0.15) is 18.9 Å². The van der Waals surface area contributed by atoms with Crippen LogP contribution >= 0.6 is 15.9 Å². The van der Waals surface area contributed by atoms with Gasteiger partial charge in [0, 0.05) is 5.69 Å². The van der Waals surface area contributed by atoms with Gasteiger partial charge in [0.15, 0.2) is 0 Å². The van der Waals surface area contributed by atoms with E-state index in [2.05, 4.69) is 21.2 Å². The number of carbonyl (C=O) groups excluding carboxylic acids is 1. The fraction of sp³-hybridized carbons (Fsp3) is 0.273. The highest BCUT2D eigenvalue weighted by molar-refractivity contribution is 9.10. The monoisotopic (exact) mass is 284 g/mol. The molecule has 1 amide bonds. The van der Waals surface area contributed by atoms with Gasteiger partial charge in [-0.2, -0.15) is 5.26 Å². The Balaban J connectivity index is 2.83. The smallest absolute Gasteiger partial charge is 0.238 e. The second-order valence-electron chi connectivity index (χ2n) is 3.17. The Hall–Kier alpha value is -1.41. The van der Waals surface area contributed by atoms with Crippen molar-refractivity contribution in [1.82, 2.24) is 0 Å². The Kier molecular flexibility index (Phi) is 4.44.